The van der Waals surface area contributed by atoms with E-state index in [0.29, 0.717) is 18.9 Å². The van der Waals surface area contributed by atoms with Crippen molar-refractivity contribution >= 4 is 39.2 Å². The standard InChI is InChI=1S/C31H28FN7O/c1-38(2)15-5-9-30(40)33-14-4-7-22-10-12-28-27(17-22)31(35-21-34-28)37-26-11-13-29-24(18-26)19-36-39(29)20-23-6-3-8-25(32)16-23/h3,5-6,8-13,16-19,21H,14-15,20H2,1-2H3,(H,33,40)(H,34,35,37)/b9-5+. The van der Waals surface area contributed by atoms with Crippen molar-refractivity contribution in [2.45, 2.75) is 6.54 Å². The first-order valence-electron chi connectivity index (χ1n) is 12.7. The van der Waals surface area contributed by atoms with E-state index in [2.05, 4.69) is 37.5 Å². The molecule has 2 aromatic heterocycles. The quantitative estimate of drug-likeness (QED) is 0.226. The minimum absolute atomic E-state index is 0.175. The minimum atomic E-state index is -0.262. The van der Waals surface area contributed by atoms with Crippen LogP contribution in [0.2, 0.25) is 0 Å². The van der Waals surface area contributed by atoms with Crippen LogP contribution in [0.5, 0.6) is 0 Å². The summed E-state index contributed by atoms with van der Waals surface area (Å²) in [6.07, 6.45) is 6.63. The molecule has 0 atom stereocenters. The third kappa shape index (κ3) is 6.67. The summed E-state index contributed by atoms with van der Waals surface area (Å²) in [5.41, 5.74) is 4.21. The molecule has 2 heterocycles. The molecular formula is C31H28FN7O. The van der Waals surface area contributed by atoms with E-state index in [1.54, 1.807) is 18.3 Å². The Balaban J connectivity index is 1.30. The molecule has 0 fully saturated rings. The molecule has 5 rings (SSSR count). The Morgan fingerprint density at radius 1 is 1.10 bits per heavy atom. The molecule has 0 aliphatic rings. The van der Waals surface area contributed by atoms with Gasteiger partial charge in [-0.25, -0.2) is 14.4 Å². The number of hydrogen-bond acceptors (Lipinski definition) is 6. The number of hydrogen-bond donors (Lipinski definition) is 2. The lowest BCUT2D eigenvalue weighted by Crippen LogP contribution is -2.21. The summed E-state index contributed by atoms with van der Waals surface area (Å²) >= 11 is 0. The van der Waals surface area contributed by atoms with Gasteiger partial charge in [0.15, 0.2) is 0 Å². The number of anilines is 2. The van der Waals surface area contributed by atoms with Crippen molar-refractivity contribution in [3.05, 3.63) is 102 Å². The van der Waals surface area contributed by atoms with Crippen LogP contribution in [0.25, 0.3) is 21.8 Å². The van der Waals surface area contributed by atoms with Gasteiger partial charge in [0.25, 0.3) is 0 Å². The van der Waals surface area contributed by atoms with Gasteiger partial charge in [-0.15, -0.1) is 0 Å². The molecule has 1 amide bonds. The second-order valence-corrected chi connectivity index (χ2v) is 9.47. The van der Waals surface area contributed by atoms with E-state index < -0.39 is 0 Å². The van der Waals surface area contributed by atoms with Crippen LogP contribution < -0.4 is 10.6 Å². The molecule has 3 aromatic carbocycles. The fraction of sp³-hybridized carbons (Fsp3) is 0.161. The number of nitrogens with one attached hydrogen (secondary N) is 2. The average Bonchev–Trinajstić information content (AvgIpc) is 3.33. The highest BCUT2D eigenvalue weighted by Gasteiger charge is 2.09. The molecular weight excluding hydrogens is 505 g/mol. The number of amides is 1. The van der Waals surface area contributed by atoms with E-state index in [1.165, 1.54) is 24.5 Å². The molecule has 0 saturated carbocycles. The SMILES string of the molecule is CN(C)C/C=C/C(=O)NCC#Cc1ccc2ncnc(Nc3ccc4c(cnn4Cc4cccc(F)c4)c3)c2c1. The fourth-order valence-corrected chi connectivity index (χ4v) is 4.18. The summed E-state index contributed by atoms with van der Waals surface area (Å²) in [6.45, 7) is 1.42. The Morgan fingerprint density at radius 2 is 2.00 bits per heavy atom. The van der Waals surface area contributed by atoms with Crippen LogP contribution in [0, 0.1) is 17.7 Å². The first-order chi connectivity index (χ1) is 19.4. The Kier molecular flexibility index (Phi) is 8.09. The molecule has 2 N–H and O–H groups in total. The van der Waals surface area contributed by atoms with Gasteiger partial charge < -0.3 is 15.5 Å². The Morgan fingerprint density at radius 3 is 2.85 bits per heavy atom. The summed E-state index contributed by atoms with van der Waals surface area (Å²) in [5, 5.41) is 12.4. The van der Waals surface area contributed by atoms with Crippen molar-refractivity contribution < 1.29 is 9.18 Å². The fourth-order valence-electron chi connectivity index (χ4n) is 4.18. The Hall–Kier alpha value is -5.07. The van der Waals surface area contributed by atoms with Crippen LogP contribution in [-0.2, 0) is 11.3 Å². The lowest BCUT2D eigenvalue weighted by Gasteiger charge is -2.09. The van der Waals surface area contributed by atoms with Crippen LogP contribution in [0.3, 0.4) is 0 Å². The van der Waals surface area contributed by atoms with Crippen molar-refractivity contribution in [3.63, 3.8) is 0 Å². The average molecular weight is 534 g/mol. The molecule has 0 aliphatic carbocycles. The predicted octanol–water partition coefficient (Wildman–Crippen LogP) is 4.50. The second kappa shape index (κ2) is 12.2. The highest BCUT2D eigenvalue weighted by atomic mass is 19.1. The van der Waals surface area contributed by atoms with Crippen LogP contribution in [0.4, 0.5) is 15.9 Å². The molecule has 0 saturated heterocycles. The van der Waals surface area contributed by atoms with Gasteiger partial charge >= 0.3 is 0 Å². The summed E-state index contributed by atoms with van der Waals surface area (Å²) in [7, 11) is 3.88. The van der Waals surface area contributed by atoms with Crippen LogP contribution in [0.1, 0.15) is 11.1 Å². The van der Waals surface area contributed by atoms with Gasteiger partial charge in [0.1, 0.15) is 18.0 Å². The molecule has 0 radical (unpaired) electrons. The molecule has 0 spiro atoms. The first kappa shape index (κ1) is 26.5. The smallest absolute Gasteiger partial charge is 0.244 e. The molecule has 200 valence electrons. The highest BCUT2D eigenvalue weighted by Crippen LogP contribution is 2.26. The second-order valence-electron chi connectivity index (χ2n) is 9.47. The van der Waals surface area contributed by atoms with Crippen molar-refractivity contribution in [2.75, 3.05) is 32.5 Å². The van der Waals surface area contributed by atoms with E-state index in [1.807, 2.05) is 66.1 Å². The maximum absolute atomic E-state index is 13.6. The number of carbonyl (C=O) groups is 1. The van der Waals surface area contributed by atoms with Gasteiger partial charge in [-0.05, 0) is 68.2 Å². The third-order valence-corrected chi connectivity index (χ3v) is 6.08. The number of fused-ring (bicyclic) bond motifs is 2. The van der Waals surface area contributed by atoms with E-state index in [9.17, 15) is 9.18 Å². The van der Waals surface area contributed by atoms with E-state index >= 15 is 0 Å². The summed E-state index contributed by atoms with van der Waals surface area (Å²) in [5.74, 6) is 6.30. The number of carbonyl (C=O) groups excluding carboxylic acids is 1. The number of rotatable bonds is 8. The zero-order valence-corrected chi connectivity index (χ0v) is 22.2. The number of halogens is 1. The number of aromatic nitrogens is 4. The van der Waals surface area contributed by atoms with Gasteiger partial charge in [0.05, 0.1) is 30.3 Å². The normalized spacial score (nSPS) is 11.2. The zero-order valence-electron chi connectivity index (χ0n) is 22.2. The molecule has 5 aromatic rings. The summed E-state index contributed by atoms with van der Waals surface area (Å²) < 4.78 is 15.4. The van der Waals surface area contributed by atoms with Gasteiger partial charge in [-0.1, -0.05) is 30.0 Å². The molecule has 9 heteroatoms. The van der Waals surface area contributed by atoms with Crippen molar-refractivity contribution in [3.8, 4) is 11.8 Å². The third-order valence-electron chi connectivity index (χ3n) is 6.08. The molecule has 0 unspecified atom stereocenters. The minimum Gasteiger partial charge on any atom is -0.342 e. The van der Waals surface area contributed by atoms with Crippen molar-refractivity contribution in [1.82, 2.24) is 30.0 Å². The van der Waals surface area contributed by atoms with E-state index in [0.717, 1.165) is 38.6 Å². The number of likely N-dealkylation sites (N-methyl/N-ethyl adjacent to an activating group) is 1. The van der Waals surface area contributed by atoms with Crippen LogP contribution in [0.15, 0.2) is 85.3 Å². The Bertz CT molecular complexity index is 1760. The molecule has 8 nitrogen and oxygen atoms in total. The first-order valence-corrected chi connectivity index (χ1v) is 12.7. The maximum atomic E-state index is 13.6. The zero-order chi connectivity index (χ0) is 27.9. The molecule has 0 aliphatic heterocycles. The molecule has 40 heavy (non-hydrogen) atoms. The van der Waals surface area contributed by atoms with Crippen LogP contribution in [-0.4, -0.2) is 57.7 Å². The molecule has 0 bridgehead atoms. The summed E-state index contributed by atoms with van der Waals surface area (Å²) in [6, 6.07) is 18.2. The van der Waals surface area contributed by atoms with E-state index in [4.69, 9.17) is 0 Å². The highest BCUT2D eigenvalue weighted by molar-refractivity contribution is 5.93. The topological polar surface area (TPSA) is 88.0 Å². The van der Waals surface area contributed by atoms with Crippen molar-refractivity contribution in [1.29, 1.82) is 0 Å². The lowest BCUT2D eigenvalue weighted by atomic mass is 10.1. The number of benzene rings is 3. The summed E-state index contributed by atoms with van der Waals surface area (Å²) in [4.78, 5) is 22.7. The van der Waals surface area contributed by atoms with E-state index in [-0.39, 0.29) is 18.3 Å². The number of nitrogens with zero attached hydrogens (tertiary/aromatic N) is 5. The largest absolute Gasteiger partial charge is 0.342 e. The predicted molar refractivity (Wildman–Crippen MR) is 156 cm³/mol. The van der Waals surface area contributed by atoms with Crippen LogP contribution >= 0.6 is 0 Å². The van der Waals surface area contributed by atoms with Gasteiger partial charge in [0, 0.05) is 34.6 Å². The van der Waals surface area contributed by atoms with Gasteiger partial charge in [-0.2, -0.15) is 5.10 Å². The Labute approximate surface area is 231 Å². The maximum Gasteiger partial charge on any atom is 0.244 e. The monoisotopic (exact) mass is 533 g/mol. The van der Waals surface area contributed by atoms with Crippen molar-refractivity contribution in [2.24, 2.45) is 0 Å². The van der Waals surface area contributed by atoms with Gasteiger partial charge in [-0.3, -0.25) is 9.48 Å². The van der Waals surface area contributed by atoms with Gasteiger partial charge in [0.2, 0.25) is 5.91 Å². The lowest BCUT2D eigenvalue weighted by molar-refractivity contribution is -0.116.